The molecule has 0 bridgehead atoms. The zero-order valence-electron chi connectivity index (χ0n) is 10.5. The SMILES string of the molecule is Cl.Cl.c1cc([C@H](C2CCC2)N2CCNCC2)cs1. The van der Waals surface area contributed by atoms with Crippen LogP contribution in [0.5, 0.6) is 0 Å². The lowest BCUT2D eigenvalue weighted by Crippen LogP contribution is -2.47. The van der Waals surface area contributed by atoms with Gasteiger partial charge in [-0.05, 0) is 41.1 Å². The van der Waals surface area contributed by atoms with Crippen molar-refractivity contribution < 1.29 is 0 Å². The lowest BCUT2D eigenvalue weighted by atomic mass is 9.77. The van der Waals surface area contributed by atoms with Crippen molar-refractivity contribution >= 4 is 36.2 Å². The molecule has 0 aromatic carbocycles. The van der Waals surface area contributed by atoms with E-state index in [1.165, 1.54) is 32.4 Å². The smallest absolute Gasteiger partial charge is 0.0385 e. The van der Waals surface area contributed by atoms with Crippen LogP contribution in [0, 0.1) is 5.92 Å². The van der Waals surface area contributed by atoms with E-state index in [0.717, 1.165) is 19.0 Å². The van der Waals surface area contributed by atoms with Gasteiger partial charge >= 0.3 is 0 Å². The van der Waals surface area contributed by atoms with E-state index in [0.29, 0.717) is 6.04 Å². The summed E-state index contributed by atoms with van der Waals surface area (Å²) in [5.41, 5.74) is 1.57. The van der Waals surface area contributed by atoms with Gasteiger partial charge in [0, 0.05) is 32.2 Å². The topological polar surface area (TPSA) is 15.3 Å². The Bertz CT molecular complexity index is 322. The fourth-order valence-electron chi connectivity index (χ4n) is 2.94. The molecule has 0 unspecified atom stereocenters. The Balaban J connectivity index is 0.000000810. The monoisotopic (exact) mass is 308 g/mol. The minimum Gasteiger partial charge on any atom is -0.314 e. The van der Waals surface area contributed by atoms with Gasteiger partial charge in [-0.1, -0.05) is 6.42 Å². The molecule has 3 rings (SSSR count). The minimum atomic E-state index is 0. The Morgan fingerprint density at radius 1 is 1.22 bits per heavy atom. The van der Waals surface area contributed by atoms with Crippen LogP contribution in [-0.4, -0.2) is 31.1 Å². The first-order valence-electron chi connectivity index (χ1n) is 6.42. The van der Waals surface area contributed by atoms with Crippen LogP contribution in [-0.2, 0) is 0 Å². The molecule has 5 heteroatoms. The van der Waals surface area contributed by atoms with Gasteiger partial charge in [0.1, 0.15) is 0 Å². The summed E-state index contributed by atoms with van der Waals surface area (Å²) in [5.74, 6) is 0.924. The van der Waals surface area contributed by atoms with E-state index in [9.17, 15) is 0 Å². The van der Waals surface area contributed by atoms with Crippen molar-refractivity contribution in [2.75, 3.05) is 26.2 Å². The van der Waals surface area contributed by atoms with Crippen molar-refractivity contribution in [3.05, 3.63) is 22.4 Å². The molecule has 18 heavy (non-hydrogen) atoms. The van der Waals surface area contributed by atoms with Gasteiger partial charge in [-0.25, -0.2) is 0 Å². The molecular formula is C13H22Cl2N2S. The number of nitrogens with zero attached hydrogens (tertiary/aromatic N) is 1. The lowest BCUT2D eigenvalue weighted by molar-refractivity contribution is 0.0840. The highest BCUT2D eigenvalue weighted by molar-refractivity contribution is 7.07. The number of nitrogens with one attached hydrogen (secondary N) is 1. The molecule has 1 N–H and O–H groups in total. The molecule has 2 heterocycles. The summed E-state index contributed by atoms with van der Waals surface area (Å²) in [6, 6.07) is 3.04. The molecule has 1 saturated heterocycles. The molecule has 104 valence electrons. The van der Waals surface area contributed by atoms with Gasteiger partial charge in [-0.3, -0.25) is 4.90 Å². The maximum Gasteiger partial charge on any atom is 0.0385 e. The van der Waals surface area contributed by atoms with Gasteiger partial charge in [0.2, 0.25) is 0 Å². The van der Waals surface area contributed by atoms with Crippen molar-refractivity contribution in [1.29, 1.82) is 0 Å². The van der Waals surface area contributed by atoms with Crippen molar-refractivity contribution in [1.82, 2.24) is 10.2 Å². The van der Waals surface area contributed by atoms with Gasteiger partial charge in [0.15, 0.2) is 0 Å². The van der Waals surface area contributed by atoms with E-state index in [4.69, 9.17) is 0 Å². The third kappa shape index (κ3) is 3.40. The largest absolute Gasteiger partial charge is 0.314 e. The average Bonchev–Trinajstić information content (AvgIpc) is 2.77. The van der Waals surface area contributed by atoms with Crippen LogP contribution in [0.15, 0.2) is 16.8 Å². The van der Waals surface area contributed by atoms with Crippen LogP contribution in [0.3, 0.4) is 0 Å². The first-order valence-corrected chi connectivity index (χ1v) is 7.36. The molecule has 1 saturated carbocycles. The second-order valence-corrected chi connectivity index (χ2v) is 5.76. The van der Waals surface area contributed by atoms with Crippen LogP contribution >= 0.6 is 36.2 Å². The summed E-state index contributed by atoms with van der Waals surface area (Å²) in [5, 5.41) is 8.03. The fraction of sp³-hybridized carbons (Fsp3) is 0.692. The Labute approximate surface area is 126 Å². The van der Waals surface area contributed by atoms with Gasteiger partial charge < -0.3 is 5.32 Å². The number of thiophene rings is 1. The van der Waals surface area contributed by atoms with Gasteiger partial charge in [-0.15, -0.1) is 24.8 Å². The van der Waals surface area contributed by atoms with E-state index in [1.54, 1.807) is 5.56 Å². The third-order valence-corrected chi connectivity index (χ3v) is 4.73. The second kappa shape index (κ2) is 7.71. The van der Waals surface area contributed by atoms with Crippen molar-refractivity contribution in [3.8, 4) is 0 Å². The maximum atomic E-state index is 3.45. The highest BCUT2D eigenvalue weighted by atomic mass is 35.5. The van der Waals surface area contributed by atoms with Gasteiger partial charge in [-0.2, -0.15) is 11.3 Å². The third-order valence-electron chi connectivity index (χ3n) is 4.03. The van der Waals surface area contributed by atoms with Crippen molar-refractivity contribution in [3.63, 3.8) is 0 Å². The van der Waals surface area contributed by atoms with E-state index >= 15 is 0 Å². The van der Waals surface area contributed by atoms with Crippen LogP contribution in [0.2, 0.25) is 0 Å². The van der Waals surface area contributed by atoms with E-state index < -0.39 is 0 Å². The molecule has 0 spiro atoms. The zero-order valence-corrected chi connectivity index (χ0v) is 13.0. The number of hydrogen-bond acceptors (Lipinski definition) is 3. The highest BCUT2D eigenvalue weighted by Crippen LogP contribution is 2.41. The summed E-state index contributed by atoms with van der Waals surface area (Å²) in [4.78, 5) is 2.70. The molecule has 2 fully saturated rings. The van der Waals surface area contributed by atoms with Crippen molar-refractivity contribution in [2.45, 2.75) is 25.3 Å². The molecule has 1 aromatic heterocycles. The number of piperazine rings is 1. The molecule has 1 aromatic rings. The van der Waals surface area contributed by atoms with Gasteiger partial charge in [0.05, 0.1) is 0 Å². The average molecular weight is 309 g/mol. The maximum absolute atomic E-state index is 3.45. The molecule has 0 amide bonds. The Hall–Kier alpha value is 0.200. The molecule has 2 aliphatic rings. The standard InChI is InChI=1S/C13H20N2S.2ClH/c1-2-11(3-1)13(12-4-9-16-10-12)15-7-5-14-6-8-15;;/h4,9-11,13-14H,1-3,5-8H2;2*1H/t13-;;/m0../s1. The van der Waals surface area contributed by atoms with E-state index in [2.05, 4.69) is 27.0 Å². The molecule has 1 atom stereocenters. The molecule has 1 aliphatic heterocycles. The predicted octanol–water partition coefficient (Wildman–Crippen LogP) is 3.34. The summed E-state index contributed by atoms with van der Waals surface area (Å²) in [7, 11) is 0. The Morgan fingerprint density at radius 3 is 2.44 bits per heavy atom. The van der Waals surface area contributed by atoms with E-state index in [-0.39, 0.29) is 24.8 Å². The zero-order chi connectivity index (χ0) is 10.8. The predicted molar refractivity (Wildman–Crippen MR) is 83.3 cm³/mol. The molecule has 2 nitrogen and oxygen atoms in total. The fourth-order valence-corrected chi connectivity index (χ4v) is 3.63. The lowest BCUT2D eigenvalue weighted by Gasteiger charge is -2.42. The van der Waals surface area contributed by atoms with Crippen LogP contribution < -0.4 is 5.32 Å². The first kappa shape index (κ1) is 16.3. The number of hydrogen-bond donors (Lipinski definition) is 1. The second-order valence-electron chi connectivity index (χ2n) is 4.98. The summed E-state index contributed by atoms with van der Waals surface area (Å²) < 4.78 is 0. The highest BCUT2D eigenvalue weighted by Gasteiger charge is 2.33. The van der Waals surface area contributed by atoms with Crippen LogP contribution in [0.4, 0.5) is 0 Å². The first-order chi connectivity index (χ1) is 7.95. The van der Waals surface area contributed by atoms with Crippen molar-refractivity contribution in [2.24, 2.45) is 5.92 Å². The molecule has 0 radical (unpaired) electrons. The summed E-state index contributed by atoms with van der Waals surface area (Å²) >= 11 is 1.84. The normalized spacial score (nSPS) is 22.4. The number of halogens is 2. The Kier molecular flexibility index (Phi) is 6.96. The minimum absolute atomic E-state index is 0. The number of rotatable bonds is 3. The van der Waals surface area contributed by atoms with Crippen LogP contribution in [0.1, 0.15) is 30.9 Å². The quantitative estimate of drug-likeness (QED) is 0.921. The molecule has 1 aliphatic carbocycles. The summed E-state index contributed by atoms with van der Waals surface area (Å²) in [6.07, 6.45) is 4.31. The van der Waals surface area contributed by atoms with Gasteiger partial charge in [0.25, 0.3) is 0 Å². The van der Waals surface area contributed by atoms with Crippen LogP contribution in [0.25, 0.3) is 0 Å². The molecular weight excluding hydrogens is 287 g/mol. The van der Waals surface area contributed by atoms with E-state index in [1.807, 2.05) is 11.3 Å². The summed E-state index contributed by atoms with van der Waals surface area (Å²) in [6.45, 7) is 4.76. The Morgan fingerprint density at radius 2 is 1.94 bits per heavy atom.